The van der Waals surface area contributed by atoms with Crippen LogP contribution in [-0.4, -0.2) is 77.5 Å². The maximum atomic E-state index is 12.3. The number of urea groups is 1. The van der Waals surface area contributed by atoms with E-state index in [0.717, 1.165) is 0 Å². The zero-order chi connectivity index (χ0) is 14.4. The zero-order valence-electron chi connectivity index (χ0n) is 11.0. The van der Waals surface area contributed by atoms with Crippen LogP contribution in [0.1, 0.15) is 6.42 Å². The summed E-state index contributed by atoms with van der Waals surface area (Å²) in [6.45, 7) is 4.61. The number of rotatable bonds is 6. The van der Waals surface area contributed by atoms with Crippen LogP contribution in [0.2, 0.25) is 0 Å². The van der Waals surface area contributed by atoms with Gasteiger partial charge in [0.15, 0.2) is 0 Å². The van der Waals surface area contributed by atoms with E-state index in [1.807, 2.05) is 0 Å². The predicted octanol–water partition coefficient (Wildman–Crippen LogP) is -0.239. The fraction of sp³-hybridized carbons (Fsp3) is 0.667. The molecule has 1 rings (SSSR count). The standard InChI is InChI=1S/C12H20N2O5/c1-3-4-13(5-6-19-2)12(18)14-8-9(15)7-10(14)11(16)17/h3,9-10,15H,1,4-8H2,2H3,(H,16,17)/t9-,10-/m1/s1. The van der Waals surface area contributed by atoms with Crippen molar-refractivity contribution in [1.29, 1.82) is 0 Å². The zero-order valence-corrected chi connectivity index (χ0v) is 11.0. The molecule has 1 aliphatic heterocycles. The molecule has 0 aromatic heterocycles. The van der Waals surface area contributed by atoms with Crippen LogP contribution in [0.5, 0.6) is 0 Å². The second-order valence-electron chi connectivity index (χ2n) is 4.41. The molecule has 7 heteroatoms. The third kappa shape index (κ3) is 3.93. The normalized spacial score (nSPS) is 22.3. The number of ether oxygens (including phenoxy) is 1. The summed E-state index contributed by atoms with van der Waals surface area (Å²) in [4.78, 5) is 26.0. The fourth-order valence-corrected chi connectivity index (χ4v) is 2.06. The summed E-state index contributed by atoms with van der Waals surface area (Å²) in [7, 11) is 1.52. The monoisotopic (exact) mass is 272 g/mol. The number of carbonyl (C=O) groups is 2. The average Bonchev–Trinajstić information content (AvgIpc) is 2.76. The predicted molar refractivity (Wildman–Crippen MR) is 67.8 cm³/mol. The highest BCUT2D eigenvalue weighted by Gasteiger charge is 2.40. The van der Waals surface area contributed by atoms with Gasteiger partial charge < -0.3 is 24.7 Å². The molecule has 0 aromatic rings. The van der Waals surface area contributed by atoms with Crippen molar-refractivity contribution in [2.24, 2.45) is 0 Å². The van der Waals surface area contributed by atoms with E-state index in [9.17, 15) is 14.7 Å². The number of nitrogens with zero attached hydrogens (tertiary/aromatic N) is 2. The number of carboxylic acid groups (broad SMARTS) is 1. The number of aliphatic hydroxyl groups excluding tert-OH is 1. The number of likely N-dealkylation sites (tertiary alicyclic amines) is 1. The van der Waals surface area contributed by atoms with E-state index in [0.29, 0.717) is 19.7 Å². The van der Waals surface area contributed by atoms with E-state index in [1.165, 1.54) is 16.9 Å². The molecule has 1 saturated heterocycles. The maximum Gasteiger partial charge on any atom is 0.326 e. The SMILES string of the molecule is C=CCN(CCOC)C(=O)N1C[C@H](O)C[C@@H]1C(=O)O. The molecule has 2 N–H and O–H groups in total. The minimum atomic E-state index is -1.10. The maximum absolute atomic E-state index is 12.3. The minimum absolute atomic E-state index is 0.0381. The molecule has 0 bridgehead atoms. The van der Waals surface area contributed by atoms with Crippen molar-refractivity contribution < 1.29 is 24.5 Å². The van der Waals surface area contributed by atoms with Crippen molar-refractivity contribution in [3.8, 4) is 0 Å². The molecule has 0 radical (unpaired) electrons. The lowest BCUT2D eigenvalue weighted by molar-refractivity contribution is -0.141. The summed E-state index contributed by atoms with van der Waals surface area (Å²) in [5.41, 5.74) is 0. The van der Waals surface area contributed by atoms with Crippen LogP contribution in [0, 0.1) is 0 Å². The number of aliphatic carboxylic acids is 1. The van der Waals surface area contributed by atoms with Gasteiger partial charge in [0.25, 0.3) is 0 Å². The summed E-state index contributed by atoms with van der Waals surface area (Å²) < 4.78 is 4.91. The number of carbonyl (C=O) groups excluding carboxylic acids is 1. The quantitative estimate of drug-likeness (QED) is 0.651. The van der Waals surface area contributed by atoms with Gasteiger partial charge in [-0.3, -0.25) is 0 Å². The number of carboxylic acids is 1. The summed E-state index contributed by atoms with van der Waals surface area (Å²) in [5.74, 6) is -1.10. The molecule has 1 aliphatic rings. The second kappa shape index (κ2) is 7.10. The Morgan fingerprint density at radius 3 is 2.79 bits per heavy atom. The Morgan fingerprint density at radius 1 is 1.58 bits per heavy atom. The van der Waals surface area contributed by atoms with Gasteiger partial charge in [-0.1, -0.05) is 6.08 Å². The lowest BCUT2D eigenvalue weighted by atomic mass is 10.2. The first-order chi connectivity index (χ1) is 9.01. The van der Waals surface area contributed by atoms with Gasteiger partial charge >= 0.3 is 12.0 Å². The van der Waals surface area contributed by atoms with Crippen LogP contribution in [-0.2, 0) is 9.53 Å². The Bertz CT molecular complexity index is 347. The Hall–Kier alpha value is -1.60. The van der Waals surface area contributed by atoms with E-state index < -0.39 is 24.1 Å². The van der Waals surface area contributed by atoms with Gasteiger partial charge in [-0.25, -0.2) is 9.59 Å². The highest BCUT2D eigenvalue weighted by atomic mass is 16.5. The first kappa shape index (κ1) is 15.5. The molecule has 2 atom stereocenters. The highest BCUT2D eigenvalue weighted by molar-refractivity contribution is 5.83. The van der Waals surface area contributed by atoms with Gasteiger partial charge in [-0.15, -0.1) is 6.58 Å². The number of amides is 2. The van der Waals surface area contributed by atoms with Crippen molar-refractivity contribution in [2.45, 2.75) is 18.6 Å². The van der Waals surface area contributed by atoms with E-state index in [2.05, 4.69) is 6.58 Å². The second-order valence-corrected chi connectivity index (χ2v) is 4.41. The Kier molecular flexibility index (Phi) is 5.78. The molecular weight excluding hydrogens is 252 g/mol. The van der Waals surface area contributed by atoms with Crippen LogP contribution in [0.4, 0.5) is 4.79 Å². The van der Waals surface area contributed by atoms with Crippen molar-refractivity contribution in [2.75, 3.05) is 33.4 Å². The summed E-state index contributed by atoms with van der Waals surface area (Å²) in [6, 6.07) is -1.39. The summed E-state index contributed by atoms with van der Waals surface area (Å²) in [5, 5.41) is 18.6. The first-order valence-electron chi connectivity index (χ1n) is 6.07. The largest absolute Gasteiger partial charge is 0.480 e. The molecule has 19 heavy (non-hydrogen) atoms. The van der Waals surface area contributed by atoms with Gasteiger partial charge in [0.2, 0.25) is 0 Å². The number of β-amino-alcohol motifs (C(OH)–C–C–N with tert-alkyl or cyclic N) is 1. The number of hydrogen-bond donors (Lipinski definition) is 2. The van der Waals surface area contributed by atoms with E-state index in [-0.39, 0.29) is 13.0 Å². The molecule has 2 amide bonds. The number of aliphatic hydroxyl groups is 1. The summed E-state index contributed by atoms with van der Waals surface area (Å²) >= 11 is 0. The molecule has 108 valence electrons. The van der Waals surface area contributed by atoms with Gasteiger partial charge in [-0.05, 0) is 0 Å². The van der Waals surface area contributed by atoms with Crippen molar-refractivity contribution in [3.63, 3.8) is 0 Å². The van der Waals surface area contributed by atoms with E-state index >= 15 is 0 Å². The molecule has 1 fully saturated rings. The molecule has 0 spiro atoms. The van der Waals surface area contributed by atoms with Crippen molar-refractivity contribution >= 4 is 12.0 Å². The first-order valence-corrected chi connectivity index (χ1v) is 6.07. The molecular formula is C12H20N2O5. The Labute approximate surface area is 112 Å². The van der Waals surface area contributed by atoms with E-state index in [4.69, 9.17) is 9.84 Å². The topological polar surface area (TPSA) is 90.3 Å². The van der Waals surface area contributed by atoms with Crippen molar-refractivity contribution in [3.05, 3.63) is 12.7 Å². The van der Waals surface area contributed by atoms with Gasteiger partial charge in [0, 0.05) is 33.2 Å². The van der Waals surface area contributed by atoms with Crippen molar-refractivity contribution in [1.82, 2.24) is 9.80 Å². The molecule has 0 saturated carbocycles. The lowest BCUT2D eigenvalue weighted by Gasteiger charge is -2.29. The summed E-state index contributed by atoms with van der Waals surface area (Å²) in [6.07, 6.45) is 0.835. The highest BCUT2D eigenvalue weighted by Crippen LogP contribution is 2.20. The molecule has 1 heterocycles. The van der Waals surface area contributed by atoms with Crippen LogP contribution in [0.3, 0.4) is 0 Å². The van der Waals surface area contributed by atoms with Crippen LogP contribution >= 0.6 is 0 Å². The average molecular weight is 272 g/mol. The van der Waals surface area contributed by atoms with Gasteiger partial charge in [-0.2, -0.15) is 0 Å². The number of methoxy groups -OCH3 is 1. The molecule has 0 unspecified atom stereocenters. The molecule has 0 aromatic carbocycles. The van der Waals surface area contributed by atoms with E-state index in [1.54, 1.807) is 6.08 Å². The molecule has 0 aliphatic carbocycles. The lowest BCUT2D eigenvalue weighted by Crippen LogP contribution is -2.49. The Balaban J connectivity index is 2.76. The molecule has 7 nitrogen and oxygen atoms in total. The van der Waals surface area contributed by atoms with Crippen LogP contribution in [0.25, 0.3) is 0 Å². The van der Waals surface area contributed by atoms with Gasteiger partial charge in [0.1, 0.15) is 6.04 Å². The van der Waals surface area contributed by atoms with Gasteiger partial charge in [0.05, 0.1) is 12.7 Å². The third-order valence-electron chi connectivity index (χ3n) is 3.00. The minimum Gasteiger partial charge on any atom is -0.480 e. The Morgan fingerprint density at radius 2 is 2.26 bits per heavy atom. The fourth-order valence-electron chi connectivity index (χ4n) is 2.06. The van der Waals surface area contributed by atoms with Crippen LogP contribution < -0.4 is 0 Å². The van der Waals surface area contributed by atoms with Crippen LogP contribution in [0.15, 0.2) is 12.7 Å². The third-order valence-corrected chi connectivity index (χ3v) is 3.00. The smallest absolute Gasteiger partial charge is 0.326 e. The number of hydrogen-bond acceptors (Lipinski definition) is 4.